The van der Waals surface area contributed by atoms with Crippen molar-refractivity contribution in [3.05, 3.63) is 29.6 Å². The summed E-state index contributed by atoms with van der Waals surface area (Å²) >= 11 is 3.19. The lowest BCUT2D eigenvalue weighted by Crippen LogP contribution is -2.31. The summed E-state index contributed by atoms with van der Waals surface area (Å²) in [7, 11) is 0. The minimum Gasteiger partial charge on any atom is -0.324 e. The van der Waals surface area contributed by atoms with E-state index in [1.165, 1.54) is 12.1 Å². The third-order valence-electron chi connectivity index (χ3n) is 1.89. The molecule has 0 aromatic heterocycles. The number of rotatable bonds is 2. The first kappa shape index (κ1) is 12.7. The maximum Gasteiger partial charge on any atom is 0.240 e. The normalized spacial score (nSPS) is 10.7. The molecule has 16 heavy (non-hydrogen) atoms. The van der Waals surface area contributed by atoms with E-state index in [0.717, 1.165) is 6.07 Å². The Balaban J connectivity index is 2.99. The van der Waals surface area contributed by atoms with Crippen molar-refractivity contribution in [2.45, 2.75) is 18.2 Å². The van der Waals surface area contributed by atoms with Gasteiger partial charge in [0.25, 0.3) is 0 Å². The first-order valence-corrected chi connectivity index (χ1v) is 5.34. The molecule has 0 spiro atoms. The Hall–Kier alpha value is -1.41. The fourth-order valence-corrected chi connectivity index (χ4v) is 1.09. The second-order valence-corrected chi connectivity index (χ2v) is 5.71. The zero-order valence-electron chi connectivity index (χ0n) is 8.84. The third-order valence-corrected chi connectivity index (χ3v) is 2.25. The number of carbonyl (C=O) groups excluding carboxylic acids is 1. The Morgan fingerprint density at radius 3 is 2.69 bits per heavy atom. The van der Waals surface area contributed by atoms with Crippen molar-refractivity contribution >= 4 is 27.5 Å². The largest absolute Gasteiger partial charge is 0.324 e. The zero-order chi connectivity index (χ0) is 12.3. The van der Waals surface area contributed by atoms with Crippen LogP contribution >= 0.6 is 15.9 Å². The highest BCUT2D eigenvalue weighted by Gasteiger charge is 2.24. The van der Waals surface area contributed by atoms with Crippen LogP contribution in [0, 0.1) is 17.1 Å². The molecule has 0 heterocycles. The highest BCUT2D eigenvalue weighted by atomic mass is 79.9. The van der Waals surface area contributed by atoms with Crippen LogP contribution in [0.1, 0.15) is 19.4 Å². The van der Waals surface area contributed by atoms with Gasteiger partial charge in [-0.15, -0.1) is 0 Å². The van der Waals surface area contributed by atoms with E-state index in [1.54, 1.807) is 13.8 Å². The molecule has 0 atom stereocenters. The van der Waals surface area contributed by atoms with Gasteiger partial charge in [0.2, 0.25) is 5.91 Å². The van der Waals surface area contributed by atoms with Crippen molar-refractivity contribution in [2.24, 2.45) is 0 Å². The molecule has 0 saturated carbocycles. The molecular weight excluding hydrogens is 275 g/mol. The molecule has 1 N–H and O–H groups in total. The Kier molecular flexibility index (Phi) is 3.66. The molecule has 0 radical (unpaired) electrons. The van der Waals surface area contributed by atoms with E-state index < -0.39 is 10.1 Å². The number of benzene rings is 1. The maximum atomic E-state index is 12.8. The van der Waals surface area contributed by atoms with Crippen LogP contribution in [0.4, 0.5) is 10.1 Å². The highest BCUT2D eigenvalue weighted by molar-refractivity contribution is 9.10. The summed E-state index contributed by atoms with van der Waals surface area (Å²) in [4.78, 5) is 11.6. The molecule has 0 saturated heterocycles. The van der Waals surface area contributed by atoms with Crippen LogP contribution in [0.15, 0.2) is 18.2 Å². The van der Waals surface area contributed by atoms with E-state index in [1.807, 2.05) is 6.07 Å². The minimum absolute atomic E-state index is 0.102. The summed E-state index contributed by atoms with van der Waals surface area (Å²) in [6, 6.07) is 5.46. The van der Waals surface area contributed by atoms with Gasteiger partial charge in [0.15, 0.2) is 0 Å². The number of nitrogens with zero attached hydrogens (tertiary/aromatic N) is 1. The second-order valence-electron chi connectivity index (χ2n) is 3.73. The molecule has 5 heteroatoms. The number of amides is 1. The summed E-state index contributed by atoms with van der Waals surface area (Å²) in [5.74, 6) is -0.803. The number of nitriles is 1. The van der Waals surface area contributed by atoms with Gasteiger partial charge in [-0.3, -0.25) is 4.79 Å². The van der Waals surface area contributed by atoms with Crippen LogP contribution in [0.25, 0.3) is 0 Å². The van der Waals surface area contributed by atoms with E-state index in [4.69, 9.17) is 5.26 Å². The summed E-state index contributed by atoms with van der Waals surface area (Å²) in [6.07, 6.45) is 0. The van der Waals surface area contributed by atoms with E-state index in [-0.39, 0.29) is 11.5 Å². The number of hydrogen-bond acceptors (Lipinski definition) is 2. The van der Waals surface area contributed by atoms with Crippen LogP contribution in [0.2, 0.25) is 0 Å². The van der Waals surface area contributed by atoms with E-state index in [0.29, 0.717) is 5.69 Å². The molecular formula is C11H10BrFN2O. The van der Waals surface area contributed by atoms with E-state index in [2.05, 4.69) is 21.2 Å². The fraction of sp³-hybridized carbons (Fsp3) is 0.273. The molecule has 84 valence electrons. The summed E-state index contributed by atoms with van der Waals surface area (Å²) in [6.45, 7) is 3.36. The number of nitrogens with one attached hydrogen (secondary N) is 1. The van der Waals surface area contributed by atoms with Crippen LogP contribution in [-0.2, 0) is 4.79 Å². The molecule has 1 aromatic carbocycles. The van der Waals surface area contributed by atoms with Gasteiger partial charge in [0, 0.05) is 0 Å². The summed E-state index contributed by atoms with van der Waals surface area (Å²) in [5, 5.41) is 11.3. The summed E-state index contributed by atoms with van der Waals surface area (Å²) in [5.41, 5.74) is 0.409. The number of anilines is 1. The first-order chi connectivity index (χ1) is 7.34. The third kappa shape index (κ3) is 3.04. The lowest BCUT2D eigenvalue weighted by Gasteiger charge is -2.16. The van der Waals surface area contributed by atoms with Gasteiger partial charge < -0.3 is 5.32 Å². The topological polar surface area (TPSA) is 52.9 Å². The van der Waals surface area contributed by atoms with Crippen molar-refractivity contribution in [3.8, 4) is 6.07 Å². The van der Waals surface area contributed by atoms with Gasteiger partial charge in [0.1, 0.15) is 11.9 Å². The fourth-order valence-electron chi connectivity index (χ4n) is 0.989. The van der Waals surface area contributed by atoms with Crippen LogP contribution < -0.4 is 5.32 Å². The average Bonchev–Trinajstić information content (AvgIpc) is 2.19. The van der Waals surface area contributed by atoms with Gasteiger partial charge in [0.05, 0.1) is 15.6 Å². The van der Waals surface area contributed by atoms with Crippen molar-refractivity contribution in [1.29, 1.82) is 5.26 Å². The monoisotopic (exact) mass is 284 g/mol. The van der Waals surface area contributed by atoms with Crippen molar-refractivity contribution in [2.75, 3.05) is 5.32 Å². The van der Waals surface area contributed by atoms with Gasteiger partial charge in [-0.1, -0.05) is 15.9 Å². The second kappa shape index (κ2) is 4.62. The number of halogens is 2. The molecule has 0 aliphatic rings. The lowest BCUT2D eigenvalue weighted by atomic mass is 10.1. The predicted molar refractivity (Wildman–Crippen MR) is 62.8 cm³/mol. The molecule has 0 unspecified atom stereocenters. The Morgan fingerprint density at radius 1 is 1.56 bits per heavy atom. The molecule has 1 rings (SSSR count). The molecule has 0 aliphatic carbocycles. The van der Waals surface area contributed by atoms with Gasteiger partial charge >= 0.3 is 0 Å². The quantitative estimate of drug-likeness (QED) is 0.849. The van der Waals surface area contributed by atoms with Crippen molar-refractivity contribution in [1.82, 2.24) is 0 Å². The number of carbonyl (C=O) groups is 1. The minimum atomic E-state index is -0.742. The molecule has 0 aliphatic heterocycles. The molecule has 0 bridgehead atoms. The van der Waals surface area contributed by atoms with Crippen LogP contribution in [0.3, 0.4) is 0 Å². The smallest absolute Gasteiger partial charge is 0.240 e. The zero-order valence-corrected chi connectivity index (χ0v) is 10.4. The molecule has 1 aromatic rings. The van der Waals surface area contributed by atoms with E-state index in [9.17, 15) is 9.18 Å². The van der Waals surface area contributed by atoms with E-state index >= 15 is 0 Å². The highest BCUT2D eigenvalue weighted by Crippen LogP contribution is 2.21. The molecule has 0 fully saturated rings. The van der Waals surface area contributed by atoms with Crippen molar-refractivity contribution < 1.29 is 9.18 Å². The molecule has 1 amide bonds. The van der Waals surface area contributed by atoms with Crippen LogP contribution in [0.5, 0.6) is 0 Å². The SMILES string of the molecule is CC(C)(Br)C(=O)Nc1ccc(F)cc1C#N. The lowest BCUT2D eigenvalue weighted by molar-refractivity contribution is -0.117. The average molecular weight is 285 g/mol. The Labute approximate surface area is 101 Å². The molecule has 3 nitrogen and oxygen atoms in total. The Bertz CT molecular complexity index is 460. The van der Waals surface area contributed by atoms with Gasteiger partial charge in [-0.2, -0.15) is 5.26 Å². The maximum absolute atomic E-state index is 12.8. The standard InChI is InChI=1S/C11H10BrFN2O/c1-11(2,12)10(16)15-9-4-3-8(13)5-7(9)6-14/h3-5H,1-2H3,(H,15,16). The number of alkyl halides is 1. The summed E-state index contributed by atoms with van der Waals surface area (Å²) < 4.78 is 12.1. The predicted octanol–water partition coefficient (Wildman–Crippen LogP) is 2.81. The first-order valence-electron chi connectivity index (χ1n) is 4.54. The van der Waals surface area contributed by atoms with Crippen molar-refractivity contribution in [3.63, 3.8) is 0 Å². The van der Waals surface area contributed by atoms with Gasteiger partial charge in [-0.05, 0) is 32.0 Å². The van der Waals surface area contributed by atoms with Crippen LogP contribution in [-0.4, -0.2) is 10.2 Å². The Morgan fingerprint density at radius 2 is 2.19 bits per heavy atom. The van der Waals surface area contributed by atoms with Gasteiger partial charge in [-0.25, -0.2) is 4.39 Å². The number of hydrogen-bond donors (Lipinski definition) is 1.